The maximum absolute atomic E-state index is 11.8. The van der Waals surface area contributed by atoms with E-state index in [1.54, 1.807) is 24.3 Å². The number of nitrogens with zero attached hydrogens (tertiary/aromatic N) is 1. The van der Waals surface area contributed by atoms with Crippen LogP contribution in [0.5, 0.6) is 0 Å². The second-order valence-electron chi connectivity index (χ2n) is 3.46. The minimum absolute atomic E-state index is 0.0753. The van der Waals surface area contributed by atoms with Gasteiger partial charge in [-0.3, -0.25) is 9.59 Å². The number of ketones is 1. The summed E-state index contributed by atoms with van der Waals surface area (Å²) in [6.45, 7) is 7.96. The van der Waals surface area contributed by atoms with E-state index in [4.69, 9.17) is 11.6 Å². The molecular formula is C14H20ClNO2. The Morgan fingerprint density at radius 1 is 1.17 bits per heavy atom. The summed E-state index contributed by atoms with van der Waals surface area (Å²) in [6.07, 6.45) is 0. The molecule has 0 heterocycles. The molecule has 1 amide bonds. The highest BCUT2D eigenvalue weighted by Gasteiger charge is 2.12. The molecule has 0 aliphatic carbocycles. The average Bonchev–Trinajstić information content (AvgIpc) is 2.38. The van der Waals surface area contributed by atoms with Gasteiger partial charge in [0.15, 0.2) is 5.78 Å². The smallest absolute Gasteiger partial charge is 0.219 e. The molecule has 3 nitrogen and oxygen atoms in total. The van der Waals surface area contributed by atoms with Gasteiger partial charge in [-0.15, -0.1) is 0 Å². The first-order valence-electron chi connectivity index (χ1n) is 6.09. The van der Waals surface area contributed by atoms with Crippen molar-refractivity contribution in [3.63, 3.8) is 0 Å². The van der Waals surface area contributed by atoms with Crippen molar-refractivity contribution in [3.05, 3.63) is 34.9 Å². The van der Waals surface area contributed by atoms with Crippen molar-refractivity contribution in [1.82, 2.24) is 4.90 Å². The molecule has 0 N–H and O–H groups in total. The molecule has 0 atom stereocenters. The Bertz CT molecular complexity index is 387. The van der Waals surface area contributed by atoms with Gasteiger partial charge in [-0.2, -0.15) is 0 Å². The fourth-order valence-corrected chi connectivity index (χ4v) is 1.47. The van der Waals surface area contributed by atoms with Gasteiger partial charge in [-0.1, -0.05) is 25.4 Å². The summed E-state index contributed by atoms with van der Waals surface area (Å²) in [5, 5.41) is 0.593. The Morgan fingerprint density at radius 3 is 2.06 bits per heavy atom. The van der Waals surface area contributed by atoms with Crippen LogP contribution in [0.2, 0.25) is 5.02 Å². The molecule has 1 aromatic carbocycles. The molecule has 0 bridgehead atoms. The Kier molecular flexibility index (Phi) is 8.05. The predicted molar refractivity (Wildman–Crippen MR) is 75.1 cm³/mol. The van der Waals surface area contributed by atoms with E-state index in [9.17, 15) is 9.59 Å². The van der Waals surface area contributed by atoms with Gasteiger partial charge in [0.05, 0.1) is 6.54 Å². The fraction of sp³-hybridized carbons (Fsp3) is 0.429. The topological polar surface area (TPSA) is 37.4 Å². The molecule has 0 aliphatic heterocycles. The fourth-order valence-electron chi connectivity index (χ4n) is 1.35. The second kappa shape index (κ2) is 8.70. The zero-order valence-corrected chi connectivity index (χ0v) is 12.1. The quantitative estimate of drug-likeness (QED) is 0.786. The van der Waals surface area contributed by atoms with Gasteiger partial charge >= 0.3 is 0 Å². The van der Waals surface area contributed by atoms with Crippen molar-refractivity contribution in [1.29, 1.82) is 0 Å². The van der Waals surface area contributed by atoms with Crippen molar-refractivity contribution in [2.75, 3.05) is 13.1 Å². The second-order valence-corrected chi connectivity index (χ2v) is 3.90. The maximum Gasteiger partial charge on any atom is 0.219 e. The number of benzene rings is 1. The summed E-state index contributed by atoms with van der Waals surface area (Å²) in [6, 6.07) is 6.66. The lowest BCUT2D eigenvalue weighted by molar-refractivity contribution is -0.128. The van der Waals surface area contributed by atoms with Crippen molar-refractivity contribution >= 4 is 23.3 Å². The third kappa shape index (κ3) is 5.32. The van der Waals surface area contributed by atoms with Gasteiger partial charge in [0.25, 0.3) is 0 Å². The van der Waals surface area contributed by atoms with Gasteiger partial charge in [-0.25, -0.2) is 0 Å². The molecule has 18 heavy (non-hydrogen) atoms. The molecule has 0 spiro atoms. The minimum atomic E-state index is -0.0928. The Hall–Kier alpha value is -1.35. The van der Waals surface area contributed by atoms with Crippen molar-refractivity contribution in [3.8, 4) is 0 Å². The molecule has 0 aliphatic rings. The maximum atomic E-state index is 11.8. The van der Waals surface area contributed by atoms with Gasteiger partial charge in [-0.05, 0) is 31.2 Å². The molecule has 0 unspecified atom stereocenters. The SMILES string of the molecule is CC.CCN(CC(=O)c1ccc(Cl)cc1)C(C)=O. The third-order valence-corrected chi connectivity index (χ3v) is 2.58. The summed E-state index contributed by atoms with van der Waals surface area (Å²) in [4.78, 5) is 24.4. The number of Topliss-reactive ketones (excluding diaryl/α,β-unsaturated/α-hetero) is 1. The monoisotopic (exact) mass is 269 g/mol. The highest BCUT2D eigenvalue weighted by atomic mass is 35.5. The lowest BCUT2D eigenvalue weighted by Gasteiger charge is -2.17. The molecule has 0 radical (unpaired) electrons. The van der Waals surface area contributed by atoms with Gasteiger partial charge in [0.1, 0.15) is 0 Å². The molecule has 0 fully saturated rings. The van der Waals surface area contributed by atoms with E-state index in [2.05, 4.69) is 0 Å². The zero-order chi connectivity index (χ0) is 14.1. The van der Waals surface area contributed by atoms with Crippen LogP contribution in [-0.4, -0.2) is 29.7 Å². The van der Waals surface area contributed by atoms with E-state index in [0.29, 0.717) is 17.1 Å². The van der Waals surface area contributed by atoms with Crippen LogP contribution in [0.4, 0.5) is 0 Å². The van der Waals surface area contributed by atoms with Crippen LogP contribution in [0, 0.1) is 0 Å². The van der Waals surface area contributed by atoms with E-state index in [0.717, 1.165) is 0 Å². The molecule has 1 rings (SSSR count). The van der Waals surface area contributed by atoms with Crippen molar-refractivity contribution < 1.29 is 9.59 Å². The van der Waals surface area contributed by atoms with Crippen LogP contribution in [0.1, 0.15) is 38.1 Å². The van der Waals surface area contributed by atoms with Crippen LogP contribution >= 0.6 is 11.6 Å². The predicted octanol–water partition coefficient (Wildman–Crippen LogP) is 3.42. The number of rotatable bonds is 4. The summed E-state index contributed by atoms with van der Waals surface area (Å²) in [5.41, 5.74) is 0.573. The van der Waals surface area contributed by atoms with Gasteiger partial charge in [0, 0.05) is 24.1 Å². The lowest BCUT2D eigenvalue weighted by Crippen LogP contribution is -2.33. The summed E-state index contributed by atoms with van der Waals surface area (Å²) >= 11 is 5.72. The Labute approximate surface area is 114 Å². The minimum Gasteiger partial charge on any atom is -0.336 e. The first-order chi connectivity index (χ1) is 8.54. The Balaban J connectivity index is 0.00000137. The number of carbonyl (C=O) groups is 2. The van der Waals surface area contributed by atoms with E-state index in [1.165, 1.54) is 11.8 Å². The highest BCUT2D eigenvalue weighted by molar-refractivity contribution is 6.30. The molecule has 1 aromatic rings. The summed E-state index contributed by atoms with van der Waals surface area (Å²) in [7, 11) is 0. The average molecular weight is 270 g/mol. The molecule has 4 heteroatoms. The third-order valence-electron chi connectivity index (χ3n) is 2.33. The molecular weight excluding hydrogens is 250 g/mol. The zero-order valence-electron chi connectivity index (χ0n) is 11.4. The molecule has 0 saturated heterocycles. The van der Waals surface area contributed by atoms with Crippen LogP contribution in [0.15, 0.2) is 24.3 Å². The summed E-state index contributed by atoms with van der Waals surface area (Å²) < 4.78 is 0. The first-order valence-corrected chi connectivity index (χ1v) is 6.46. The molecule has 0 saturated carbocycles. The summed E-state index contributed by atoms with van der Waals surface area (Å²) in [5.74, 6) is -0.168. The van der Waals surface area contributed by atoms with E-state index in [1.807, 2.05) is 20.8 Å². The normalized spacial score (nSPS) is 9.17. The van der Waals surface area contributed by atoms with Crippen LogP contribution in [0.3, 0.4) is 0 Å². The van der Waals surface area contributed by atoms with Crippen LogP contribution in [-0.2, 0) is 4.79 Å². The van der Waals surface area contributed by atoms with Crippen LogP contribution < -0.4 is 0 Å². The number of likely N-dealkylation sites (N-methyl/N-ethyl adjacent to an activating group) is 1. The largest absolute Gasteiger partial charge is 0.336 e. The van der Waals surface area contributed by atoms with Crippen molar-refractivity contribution in [2.45, 2.75) is 27.7 Å². The standard InChI is InChI=1S/C12H14ClNO2.C2H6/c1-3-14(9(2)15)8-12(16)10-4-6-11(13)7-5-10;1-2/h4-7H,3,8H2,1-2H3;1-2H3. The molecule has 100 valence electrons. The van der Waals surface area contributed by atoms with E-state index < -0.39 is 0 Å². The number of amides is 1. The first kappa shape index (κ1) is 16.6. The van der Waals surface area contributed by atoms with Crippen LogP contribution in [0.25, 0.3) is 0 Å². The molecule has 0 aromatic heterocycles. The van der Waals surface area contributed by atoms with E-state index in [-0.39, 0.29) is 18.2 Å². The van der Waals surface area contributed by atoms with E-state index >= 15 is 0 Å². The van der Waals surface area contributed by atoms with Crippen molar-refractivity contribution in [2.24, 2.45) is 0 Å². The van der Waals surface area contributed by atoms with Gasteiger partial charge < -0.3 is 4.90 Å². The number of halogens is 1. The van der Waals surface area contributed by atoms with Gasteiger partial charge in [0.2, 0.25) is 5.91 Å². The highest BCUT2D eigenvalue weighted by Crippen LogP contribution is 2.10. The Morgan fingerprint density at radius 2 is 1.67 bits per heavy atom. The number of hydrogen-bond donors (Lipinski definition) is 0. The number of carbonyl (C=O) groups excluding carboxylic acids is 2. The lowest BCUT2D eigenvalue weighted by atomic mass is 10.1. The number of hydrogen-bond acceptors (Lipinski definition) is 2.